The van der Waals surface area contributed by atoms with E-state index in [0.29, 0.717) is 48.9 Å². The molecule has 46 heavy (non-hydrogen) atoms. The van der Waals surface area contributed by atoms with E-state index in [1.165, 1.54) is 35.1 Å². The van der Waals surface area contributed by atoms with E-state index in [4.69, 9.17) is 9.47 Å². The molecule has 8 nitrogen and oxygen atoms in total. The summed E-state index contributed by atoms with van der Waals surface area (Å²) in [6.07, 6.45) is 1.73. The molecular formula is C36H27FN4O4S. The summed E-state index contributed by atoms with van der Waals surface area (Å²) < 4.78 is 27.4. The maximum absolute atomic E-state index is 14.0. The van der Waals surface area contributed by atoms with Gasteiger partial charge in [0, 0.05) is 11.3 Å². The fourth-order valence-electron chi connectivity index (χ4n) is 5.25. The summed E-state index contributed by atoms with van der Waals surface area (Å²) in [5, 5.41) is 12.3. The third-order valence-corrected chi connectivity index (χ3v) is 8.47. The maximum Gasteiger partial charge on any atom is 0.271 e. The van der Waals surface area contributed by atoms with Crippen LogP contribution in [0.15, 0.2) is 118 Å². The number of carbonyl (C=O) groups excluding carboxylic acids is 1. The Morgan fingerprint density at radius 3 is 2.52 bits per heavy atom. The zero-order chi connectivity index (χ0) is 32.2. The van der Waals surface area contributed by atoms with Crippen molar-refractivity contribution in [3.63, 3.8) is 0 Å². The number of hydrogen-bond acceptors (Lipinski definition) is 7. The van der Waals surface area contributed by atoms with E-state index in [1.807, 2.05) is 30.3 Å². The lowest BCUT2D eigenvalue weighted by atomic mass is 9.95. The average Bonchev–Trinajstić information content (AvgIpc) is 3.37. The van der Waals surface area contributed by atoms with Gasteiger partial charge in [-0.05, 0) is 66.6 Å². The van der Waals surface area contributed by atoms with Crippen LogP contribution in [0.2, 0.25) is 0 Å². The summed E-state index contributed by atoms with van der Waals surface area (Å²) in [7, 11) is 1.52. The number of para-hydroxylation sites is 1. The first-order chi connectivity index (χ1) is 22.4. The van der Waals surface area contributed by atoms with Crippen molar-refractivity contribution in [3.05, 3.63) is 156 Å². The zero-order valence-electron chi connectivity index (χ0n) is 24.9. The Bertz CT molecular complexity index is 2200. The summed E-state index contributed by atoms with van der Waals surface area (Å²) in [5.74, 6) is 0.0993. The molecule has 4 aromatic carbocycles. The first-order valence-corrected chi connectivity index (χ1v) is 15.1. The molecule has 2 heterocycles. The first-order valence-electron chi connectivity index (χ1n) is 14.3. The number of hydrogen-bond donors (Lipinski definition) is 1. The summed E-state index contributed by atoms with van der Waals surface area (Å²) >= 11 is 1.19. The molecule has 0 saturated carbocycles. The second-order valence-electron chi connectivity index (χ2n) is 10.4. The Labute approximate surface area is 267 Å². The second-order valence-corrected chi connectivity index (χ2v) is 11.4. The Balaban J connectivity index is 1.37. The van der Waals surface area contributed by atoms with Gasteiger partial charge in [-0.1, -0.05) is 65.9 Å². The van der Waals surface area contributed by atoms with E-state index in [2.05, 4.69) is 16.4 Å². The molecule has 1 aliphatic rings. The van der Waals surface area contributed by atoms with E-state index in [1.54, 1.807) is 67.6 Å². The number of rotatable bonds is 8. The molecule has 0 radical (unpaired) electrons. The van der Waals surface area contributed by atoms with E-state index >= 15 is 0 Å². The summed E-state index contributed by atoms with van der Waals surface area (Å²) in [6, 6.07) is 28.6. The van der Waals surface area contributed by atoms with Crippen molar-refractivity contribution in [1.82, 2.24) is 4.57 Å². The van der Waals surface area contributed by atoms with Gasteiger partial charge in [0.15, 0.2) is 16.3 Å². The molecule has 0 spiro atoms. The van der Waals surface area contributed by atoms with Gasteiger partial charge in [0.05, 0.1) is 40.6 Å². The fourth-order valence-corrected chi connectivity index (χ4v) is 6.29. The minimum Gasteiger partial charge on any atom is -0.493 e. The van der Waals surface area contributed by atoms with E-state index in [9.17, 15) is 19.2 Å². The number of allylic oxidation sites excluding steroid dienone is 1. The predicted octanol–water partition coefficient (Wildman–Crippen LogP) is 5.47. The van der Waals surface area contributed by atoms with Crippen LogP contribution in [-0.4, -0.2) is 17.6 Å². The number of nitrogens with one attached hydrogen (secondary N) is 1. The highest BCUT2D eigenvalue weighted by Crippen LogP contribution is 2.32. The average molecular weight is 631 g/mol. The van der Waals surface area contributed by atoms with Crippen molar-refractivity contribution in [3.8, 4) is 17.6 Å². The van der Waals surface area contributed by atoms with Gasteiger partial charge in [-0.2, -0.15) is 5.26 Å². The number of aromatic nitrogens is 1. The molecule has 0 saturated heterocycles. The highest BCUT2D eigenvalue weighted by molar-refractivity contribution is 7.07. The second kappa shape index (κ2) is 13.1. The van der Waals surface area contributed by atoms with Gasteiger partial charge < -0.3 is 14.8 Å². The lowest BCUT2D eigenvalue weighted by molar-refractivity contribution is -0.113. The highest BCUT2D eigenvalue weighted by atomic mass is 32.1. The number of anilines is 1. The minimum absolute atomic E-state index is 0.182. The van der Waals surface area contributed by atoms with Crippen molar-refractivity contribution in [2.45, 2.75) is 19.6 Å². The molecular weight excluding hydrogens is 603 g/mol. The molecule has 0 unspecified atom stereocenters. The molecule has 0 aliphatic carbocycles. The summed E-state index contributed by atoms with van der Waals surface area (Å²) in [6.45, 7) is 1.91. The number of amides is 1. The standard InChI is InChI=1S/C36H27FN4O4S/c1-22-32(34(42)40-28-10-4-3-5-11-28)33(24-13-15-27(37)16-14-24)41-35(43)31(46-36(41)39-22)19-23-12-17-29(30(18-23)44-2)45-21-26-9-7-6-8-25(26)20-38/h3-19,33H,21H2,1-2H3,(H,40,42)/b31-19+/t33-/m0/s1. The van der Waals surface area contributed by atoms with Crippen LogP contribution in [0.1, 0.15) is 35.2 Å². The number of ether oxygens (including phenoxy) is 2. The van der Waals surface area contributed by atoms with E-state index in [0.717, 1.165) is 5.56 Å². The van der Waals surface area contributed by atoms with Gasteiger partial charge >= 0.3 is 0 Å². The number of nitriles is 1. The van der Waals surface area contributed by atoms with Gasteiger partial charge in [-0.3, -0.25) is 14.2 Å². The maximum atomic E-state index is 14.0. The number of nitrogens with zero attached hydrogens (tertiary/aromatic N) is 3. The smallest absolute Gasteiger partial charge is 0.271 e. The lowest BCUT2D eigenvalue weighted by Gasteiger charge is -2.25. The van der Waals surface area contributed by atoms with Gasteiger partial charge in [-0.15, -0.1) is 0 Å². The van der Waals surface area contributed by atoms with Gasteiger partial charge in [-0.25, -0.2) is 9.38 Å². The SMILES string of the molecule is COc1cc(/C=c2/sc3n(c2=O)[C@@H](c2ccc(F)cc2)C(C(=O)Nc2ccccc2)=C(C)N=3)ccc1OCc1ccccc1C#N. The van der Waals surface area contributed by atoms with Crippen molar-refractivity contribution in [2.24, 2.45) is 4.99 Å². The van der Waals surface area contributed by atoms with Crippen LogP contribution in [0, 0.1) is 17.1 Å². The molecule has 228 valence electrons. The molecule has 1 aliphatic heterocycles. The molecule has 1 N–H and O–H groups in total. The number of benzene rings is 4. The van der Waals surface area contributed by atoms with Crippen LogP contribution in [0.5, 0.6) is 11.5 Å². The van der Waals surface area contributed by atoms with Crippen LogP contribution < -0.4 is 29.7 Å². The number of carbonyl (C=O) groups is 1. The Morgan fingerprint density at radius 1 is 1.04 bits per heavy atom. The van der Waals surface area contributed by atoms with Gasteiger partial charge in [0.25, 0.3) is 11.5 Å². The first kappa shape index (κ1) is 30.2. The monoisotopic (exact) mass is 630 g/mol. The third-order valence-electron chi connectivity index (χ3n) is 7.49. The Kier molecular flexibility index (Phi) is 8.59. The van der Waals surface area contributed by atoms with Crippen molar-refractivity contribution in [2.75, 3.05) is 12.4 Å². The van der Waals surface area contributed by atoms with Crippen molar-refractivity contribution in [1.29, 1.82) is 5.26 Å². The molecule has 0 fully saturated rings. The van der Waals surface area contributed by atoms with Crippen LogP contribution in [0.25, 0.3) is 6.08 Å². The quantitative estimate of drug-likeness (QED) is 0.245. The van der Waals surface area contributed by atoms with E-state index < -0.39 is 17.8 Å². The topological polar surface area (TPSA) is 106 Å². The van der Waals surface area contributed by atoms with Crippen molar-refractivity contribution < 1.29 is 18.7 Å². The number of fused-ring (bicyclic) bond motifs is 1. The predicted molar refractivity (Wildman–Crippen MR) is 174 cm³/mol. The van der Waals surface area contributed by atoms with Crippen LogP contribution >= 0.6 is 11.3 Å². The molecule has 6 rings (SSSR count). The van der Waals surface area contributed by atoms with Gasteiger partial charge in [0.1, 0.15) is 12.4 Å². The fraction of sp³-hybridized carbons (Fsp3) is 0.111. The van der Waals surface area contributed by atoms with Gasteiger partial charge in [0.2, 0.25) is 0 Å². The Morgan fingerprint density at radius 2 is 1.78 bits per heavy atom. The van der Waals surface area contributed by atoms with Crippen molar-refractivity contribution >= 4 is 29.0 Å². The van der Waals surface area contributed by atoms with Crippen LogP contribution in [-0.2, 0) is 11.4 Å². The Hall–Kier alpha value is -5.79. The highest BCUT2D eigenvalue weighted by Gasteiger charge is 2.32. The van der Waals surface area contributed by atoms with E-state index in [-0.39, 0.29) is 17.7 Å². The molecule has 1 amide bonds. The minimum atomic E-state index is -0.829. The van der Waals surface area contributed by atoms with Crippen LogP contribution in [0.4, 0.5) is 10.1 Å². The molecule has 10 heteroatoms. The third kappa shape index (κ3) is 6.09. The van der Waals surface area contributed by atoms with Crippen LogP contribution in [0.3, 0.4) is 0 Å². The summed E-state index contributed by atoms with van der Waals surface area (Å²) in [4.78, 5) is 32.8. The normalized spacial score (nSPS) is 14.2. The molecule has 0 bridgehead atoms. The summed E-state index contributed by atoms with van der Waals surface area (Å²) in [5.41, 5.74) is 3.53. The largest absolute Gasteiger partial charge is 0.493 e. The number of methoxy groups -OCH3 is 1. The molecule has 1 aromatic heterocycles. The number of halogens is 1. The number of thiazole rings is 1. The molecule has 1 atom stereocenters. The zero-order valence-corrected chi connectivity index (χ0v) is 25.7. The molecule has 5 aromatic rings. The lowest BCUT2D eigenvalue weighted by Crippen LogP contribution is -2.40.